The Morgan fingerprint density at radius 1 is 0.488 bits per heavy atom. The van der Waals surface area contributed by atoms with Crippen molar-refractivity contribution in [1.29, 1.82) is 0 Å². The van der Waals surface area contributed by atoms with Gasteiger partial charge in [-0.05, 0) is 86.0 Å². The molecule has 0 saturated carbocycles. The lowest BCUT2D eigenvalue weighted by Gasteiger charge is -2.25. The Balaban J connectivity index is 1.21. The van der Waals surface area contributed by atoms with E-state index in [0.717, 1.165) is 11.4 Å². The van der Waals surface area contributed by atoms with Crippen LogP contribution in [0.25, 0.3) is 43.5 Å². The second kappa shape index (κ2) is 8.82. The maximum absolute atomic E-state index is 2.40. The molecule has 0 saturated heterocycles. The quantitative estimate of drug-likeness (QED) is 0.204. The third kappa shape index (κ3) is 3.36. The van der Waals surface area contributed by atoms with Gasteiger partial charge in [0.25, 0.3) is 6.71 Å². The van der Waals surface area contributed by atoms with Crippen LogP contribution >= 0.6 is 11.3 Å². The maximum atomic E-state index is 2.40. The van der Waals surface area contributed by atoms with E-state index in [0.29, 0.717) is 6.71 Å². The molecular weight excluding hydrogens is 513 g/mol. The van der Waals surface area contributed by atoms with E-state index in [2.05, 4.69) is 150 Å². The monoisotopic (exact) mass is 537 g/mol. The van der Waals surface area contributed by atoms with E-state index >= 15 is 0 Å². The fourth-order valence-electron chi connectivity index (χ4n) is 6.93. The predicted molar refractivity (Wildman–Crippen MR) is 177 cm³/mol. The topological polar surface area (TPSA) is 3.24 Å². The molecule has 3 heterocycles. The van der Waals surface area contributed by atoms with Crippen molar-refractivity contribution in [3.05, 3.63) is 146 Å². The summed E-state index contributed by atoms with van der Waals surface area (Å²) in [5, 5.41) is 1.36. The molecule has 7 aromatic rings. The first-order valence-corrected chi connectivity index (χ1v) is 15.0. The molecule has 9 rings (SSSR count). The summed E-state index contributed by atoms with van der Waals surface area (Å²) >= 11 is 1.97. The van der Waals surface area contributed by atoms with E-state index in [4.69, 9.17) is 0 Å². The number of rotatable bonds is 4. The third-order valence-electron chi connectivity index (χ3n) is 8.68. The van der Waals surface area contributed by atoms with E-state index in [-0.39, 0.29) is 0 Å². The highest BCUT2D eigenvalue weighted by atomic mass is 32.1. The summed E-state index contributed by atoms with van der Waals surface area (Å²) in [6.07, 6.45) is 0. The molecule has 2 aliphatic heterocycles. The van der Waals surface area contributed by atoms with E-state index in [1.807, 2.05) is 11.3 Å². The zero-order valence-electron chi connectivity index (χ0n) is 22.3. The Bertz CT molecular complexity index is 2060. The van der Waals surface area contributed by atoms with E-state index in [1.54, 1.807) is 0 Å². The van der Waals surface area contributed by atoms with Crippen LogP contribution in [-0.2, 0) is 0 Å². The van der Waals surface area contributed by atoms with E-state index < -0.39 is 0 Å². The van der Waals surface area contributed by atoms with Crippen LogP contribution in [0.2, 0.25) is 0 Å². The van der Waals surface area contributed by atoms with Crippen LogP contribution in [0, 0.1) is 0 Å². The summed E-state index contributed by atoms with van der Waals surface area (Å²) in [7, 11) is 0. The molecule has 2 aliphatic rings. The van der Waals surface area contributed by atoms with Gasteiger partial charge < -0.3 is 4.90 Å². The Morgan fingerprint density at radius 3 is 1.90 bits per heavy atom. The van der Waals surface area contributed by atoms with Crippen molar-refractivity contribution in [1.82, 2.24) is 0 Å². The number of para-hydroxylation sites is 2. The summed E-state index contributed by atoms with van der Waals surface area (Å²) in [6.45, 7) is 0.316. The number of hydrogen-bond donors (Lipinski definition) is 0. The lowest BCUT2D eigenvalue weighted by atomic mass is 9.44. The maximum Gasteiger partial charge on any atom is 0.256 e. The molecule has 6 aromatic carbocycles. The lowest BCUT2D eigenvalue weighted by molar-refractivity contribution is 1.29. The fourth-order valence-corrected chi connectivity index (χ4v) is 8.32. The first-order chi connectivity index (χ1) is 20.3. The molecule has 1 nitrogen and oxygen atoms in total. The summed E-state index contributed by atoms with van der Waals surface area (Å²) in [4.78, 5) is 2.35. The Hall–Kier alpha value is -4.86. The summed E-state index contributed by atoms with van der Waals surface area (Å²) < 4.78 is 2.83. The van der Waals surface area contributed by atoms with Crippen molar-refractivity contribution in [2.24, 2.45) is 0 Å². The number of fused-ring (bicyclic) bond motifs is 8. The van der Waals surface area contributed by atoms with Crippen LogP contribution < -0.4 is 20.6 Å². The fraction of sp³-hybridized carbons (Fsp3) is 0. The molecule has 3 heteroatoms. The van der Waals surface area contributed by atoms with Crippen molar-refractivity contribution < 1.29 is 0 Å². The normalized spacial score (nSPS) is 12.3. The minimum absolute atomic E-state index is 0.316. The molecule has 190 valence electrons. The van der Waals surface area contributed by atoms with Crippen LogP contribution in [0.4, 0.5) is 17.1 Å². The SMILES string of the molecule is c1ccc(-c2ccc3c(c2)-c2cccc4c2B3c2sc3cc(N(c5ccccc5)c5ccccc5)ccc3c2-4)cc1. The van der Waals surface area contributed by atoms with Crippen molar-refractivity contribution in [2.75, 3.05) is 4.90 Å². The lowest BCUT2D eigenvalue weighted by Crippen LogP contribution is -2.44. The van der Waals surface area contributed by atoms with Crippen LogP contribution in [0.1, 0.15) is 0 Å². The number of anilines is 3. The van der Waals surface area contributed by atoms with E-state index in [9.17, 15) is 0 Å². The second-order valence-electron chi connectivity index (χ2n) is 10.9. The number of hydrogen-bond acceptors (Lipinski definition) is 2. The molecule has 0 fully saturated rings. The standard InChI is InChI=1S/C38H24BNS/c1-4-11-25(12-5-1)26-19-22-34-33(23-26)30-17-10-18-32-36-31-21-20-29(24-35(31)41-38(36)39(34)37(30)32)40(27-13-6-2-7-14-27)28-15-8-3-9-16-28/h1-24H. The highest BCUT2D eigenvalue weighted by Gasteiger charge is 2.43. The highest BCUT2D eigenvalue weighted by molar-refractivity contribution is 7.34. The first kappa shape index (κ1) is 22.9. The first-order valence-electron chi connectivity index (χ1n) is 14.1. The number of benzene rings is 6. The Labute approximate surface area is 244 Å². The van der Waals surface area contributed by atoms with Crippen molar-refractivity contribution in [3.8, 4) is 33.4 Å². The van der Waals surface area contributed by atoms with Crippen LogP contribution in [-0.4, -0.2) is 6.71 Å². The summed E-state index contributed by atoms with van der Waals surface area (Å²) in [5.41, 5.74) is 14.6. The number of thiophene rings is 1. The van der Waals surface area contributed by atoms with Gasteiger partial charge in [-0.15, -0.1) is 11.3 Å². The van der Waals surface area contributed by atoms with Crippen molar-refractivity contribution in [3.63, 3.8) is 0 Å². The van der Waals surface area contributed by atoms with Gasteiger partial charge in [-0.1, -0.05) is 114 Å². The average molecular weight is 537 g/mol. The van der Waals surface area contributed by atoms with E-state index in [1.165, 1.54) is 64.9 Å². The molecule has 0 N–H and O–H groups in total. The molecule has 1 aromatic heterocycles. The van der Waals surface area contributed by atoms with Gasteiger partial charge in [-0.25, -0.2) is 0 Å². The minimum atomic E-state index is 0.316. The molecule has 0 bridgehead atoms. The molecule has 0 spiro atoms. The van der Waals surface area contributed by atoms with Gasteiger partial charge in [-0.3, -0.25) is 0 Å². The molecule has 0 radical (unpaired) electrons. The van der Waals surface area contributed by atoms with Crippen LogP contribution in [0.3, 0.4) is 0 Å². The van der Waals surface area contributed by atoms with Gasteiger partial charge in [0, 0.05) is 21.8 Å². The molecule has 0 amide bonds. The van der Waals surface area contributed by atoms with Gasteiger partial charge in [0.2, 0.25) is 0 Å². The van der Waals surface area contributed by atoms with Crippen LogP contribution in [0.15, 0.2) is 146 Å². The number of nitrogens with zero attached hydrogens (tertiary/aromatic N) is 1. The van der Waals surface area contributed by atoms with Gasteiger partial charge in [0.05, 0.1) is 0 Å². The average Bonchev–Trinajstić information content (AvgIpc) is 3.68. The minimum Gasteiger partial charge on any atom is -0.310 e. The summed E-state index contributed by atoms with van der Waals surface area (Å²) in [6, 6.07) is 53.1. The molecule has 0 aliphatic carbocycles. The molecule has 0 atom stereocenters. The predicted octanol–water partition coefficient (Wildman–Crippen LogP) is 8.52. The van der Waals surface area contributed by atoms with Gasteiger partial charge in [0.1, 0.15) is 0 Å². The zero-order valence-corrected chi connectivity index (χ0v) is 23.1. The molecule has 0 unspecified atom stereocenters. The molecule has 41 heavy (non-hydrogen) atoms. The van der Waals surface area contributed by atoms with Crippen molar-refractivity contribution >= 4 is 60.9 Å². The second-order valence-corrected chi connectivity index (χ2v) is 12.0. The summed E-state index contributed by atoms with van der Waals surface area (Å²) in [5.74, 6) is 0. The smallest absolute Gasteiger partial charge is 0.256 e. The van der Waals surface area contributed by atoms with Gasteiger partial charge in [0.15, 0.2) is 0 Å². The van der Waals surface area contributed by atoms with Crippen LogP contribution in [0.5, 0.6) is 0 Å². The Morgan fingerprint density at radius 2 is 1.17 bits per heavy atom. The van der Waals surface area contributed by atoms with Crippen molar-refractivity contribution in [2.45, 2.75) is 0 Å². The largest absolute Gasteiger partial charge is 0.310 e. The molecular formula is C38H24BNS. The highest BCUT2D eigenvalue weighted by Crippen LogP contribution is 2.43. The Kier molecular flexibility index (Phi) is 4.93. The van der Waals surface area contributed by atoms with Gasteiger partial charge >= 0.3 is 0 Å². The van der Waals surface area contributed by atoms with Gasteiger partial charge in [-0.2, -0.15) is 0 Å². The third-order valence-corrected chi connectivity index (χ3v) is 9.89. The zero-order chi connectivity index (χ0) is 26.9.